The summed E-state index contributed by atoms with van der Waals surface area (Å²) >= 11 is 0. The van der Waals surface area contributed by atoms with Gasteiger partial charge in [0.15, 0.2) is 0 Å². The molecule has 2 rings (SSSR count). The van der Waals surface area contributed by atoms with Crippen LogP contribution in [0.5, 0.6) is 0 Å². The molecule has 114 valence electrons. The molecule has 0 bridgehead atoms. The highest BCUT2D eigenvalue weighted by Crippen LogP contribution is 2.15. The highest BCUT2D eigenvalue weighted by Gasteiger charge is 2.20. The molecule has 21 heavy (non-hydrogen) atoms. The SMILES string of the molecule is CN(C)C1CCCN(C(=O)/C=C/c2cnc(N)nc2)CC1. The Balaban J connectivity index is 1.92. The number of nitrogens with two attached hydrogens (primary N) is 1. The molecule has 1 aliphatic rings. The number of hydrogen-bond donors (Lipinski definition) is 1. The van der Waals surface area contributed by atoms with Crippen molar-refractivity contribution in [3.8, 4) is 0 Å². The van der Waals surface area contributed by atoms with Gasteiger partial charge in [0.1, 0.15) is 0 Å². The van der Waals surface area contributed by atoms with Gasteiger partial charge in [0.05, 0.1) is 0 Å². The molecule has 2 N–H and O–H groups in total. The minimum Gasteiger partial charge on any atom is -0.368 e. The Labute approximate surface area is 125 Å². The van der Waals surface area contributed by atoms with Crippen LogP contribution in [0.4, 0.5) is 5.95 Å². The van der Waals surface area contributed by atoms with E-state index in [9.17, 15) is 4.79 Å². The van der Waals surface area contributed by atoms with Gasteiger partial charge >= 0.3 is 0 Å². The molecule has 1 aliphatic heterocycles. The first-order chi connectivity index (χ1) is 10.1. The fourth-order valence-electron chi connectivity index (χ4n) is 2.52. The average molecular weight is 289 g/mol. The van der Waals surface area contributed by atoms with E-state index < -0.39 is 0 Å². The predicted molar refractivity (Wildman–Crippen MR) is 83.4 cm³/mol. The third-order valence-electron chi connectivity index (χ3n) is 3.85. The highest BCUT2D eigenvalue weighted by molar-refractivity contribution is 5.91. The Hall–Kier alpha value is -1.95. The molecule has 1 aromatic heterocycles. The molecule has 1 unspecified atom stereocenters. The fraction of sp³-hybridized carbons (Fsp3) is 0.533. The van der Waals surface area contributed by atoms with Crippen LogP contribution in [0.2, 0.25) is 0 Å². The van der Waals surface area contributed by atoms with Crippen molar-refractivity contribution < 1.29 is 4.79 Å². The number of hydrogen-bond acceptors (Lipinski definition) is 5. The average Bonchev–Trinajstić information content (AvgIpc) is 2.72. The lowest BCUT2D eigenvalue weighted by Crippen LogP contribution is -2.32. The minimum absolute atomic E-state index is 0.0474. The molecular weight excluding hydrogens is 266 g/mol. The number of likely N-dealkylation sites (tertiary alicyclic amines) is 1. The molecule has 0 aliphatic carbocycles. The second kappa shape index (κ2) is 7.17. The molecule has 0 saturated carbocycles. The molecule has 0 spiro atoms. The van der Waals surface area contributed by atoms with Crippen LogP contribution in [0, 0.1) is 0 Å². The first-order valence-corrected chi connectivity index (χ1v) is 7.27. The van der Waals surface area contributed by atoms with Crippen molar-refractivity contribution in [2.75, 3.05) is 32.9 Å². The Kier molecular flexibility index (Phi) is 5.27. The van der Waals surface area contributed by atoms with Crippen LogP contribution in [0.1, 0.15) is 24.8 Å². The van der Waals surface area contributed by atoms with E-state index in [1.54, 1.807) is 24.5 Å². The summed E-state index contributed by atoms with van der Waals surface area (Å²) in [4.78, 5) is 24.2. The van der Waals surface area contributed by atoms with Crippen molar-refractivity contribution in [1.29, 1.82) is 0 Å². The van der Waals surface area contributed by atoms with Crippen molar-refractivity contribution in [1.82, 2.24) is 19.8 Å². The van der Waals surface area contributed by atoms with E-state index in [0.717, 1.165) is 37.9 Å². The van der Waals surface area contributed by atoms with Gasteiger partial charge < -0.3 is 15.5 Å². The van der Waals surface area contributed by atoms with E-state index in [0.29, 0.717) is 6.04 Å². The second-order valence-corrected chi connectivity index (χ2v) is 5.58. The third-order valence-corrected chi connectivity index (χ3v) is 3.85. The van der Waals surface area contributed by atoms with Gasteiger partial charge in [-0.2, -0.15) is 0 Å². The van der Waals surface area contributed by atoms with Crippen LogP contribution in [-0.4, -0.2) is 58.9 Å². The zero-order valence-corrected chi connectivity index (χ0v) is 12.7. The summed E-state index contributed by atoms with van der Waals surface area (Å²) < 4.78 is 0. The molecule has 0 aromatic carbocycles. The number of aromatic nitrogens is 2. The number of amides is 1. The maximum absolute atomic E-state index is 12.2. The predicted octanol–water partition coefficient (Wildman–Crippen LogP) is 1.01. The normalized spacial score (nSPS) is 20.0. The molecule has 0 radical (unpaired) electrons. The van der Waals surface area contributed by atoms with Gasteiger partial charge in [-0.1, -0.05) is 0 Å². The maximum atomic E-state index is 12.2. The van der Waals surface area contributed by atoms with Gasteiger partial charge in [-0.25, -0.2) is 9.97 Å². The molecule has 6 nitrogen and oxygen atoms in total. The lowest BCUT2D eigenvalue weighted by molar-refractivity contribution is -0.125. The molecule has 1 aromatic rings. The van der Waals surface area contributed by atoms with Crippen LogP contribution in [0.15, 0.2) is 18.5 Å². The van der Waals surface area contributed by atoms with Gasteiger partial charge in [-0.05, 0) is 39.4 Å². The first kappa shape index (κ1) is 15.4. The van der Waals surface area contributed by atoms with E-state index >= 15 is 0 Å². The summed E-state index contributed by atoms with van der Waals surface area (Å²) in [7, 11) is 4.20. The summed E-state index contributed by atoms with van der Waals surface area (Å²) in [5.41, 5.74) is 6.21. The Bertz CT molecular complexity index is 497. The highest BCUT2D eigenvalue weighted by atomic mass is 16.2. The molecule has 1 saturated heterocycles. The summed E-state index contributed by atoms with van der Waals surface area (Å²) in [6, 6.07) is 0.567. The van der Waals surface area contributed by atoms with Crippen LogP contribution in [0.25, 0.3) is 6.08 Å². The molecule has 2 heterocycles. The third kappa shape index (κ3) is 4.53. The summed E-state index contributed by atoms with van der Waals surface area (Å²) in [6.45, 7) is 1.63. The van der Waals surface area contributed by atoms with Gasteiger partial charge in [-0.15, -0.1) is 0 Å². The largest absolute Gasteiger partial charge is 0.368 e. The van der Waals surface area contributed by atoms with Crippen LogP contribution >= 0.6 is 0 Å². The molecular formula is C15H23N5O. The molecule has 1 amide bonds. The van der Waals surface area contributed by atoms with Gasteiger partial charge in [0.25, 0.3) is 0 Å². The monoisotopic (exact) mass is 289 g/mol. The van der Waals surface area contributed by atoms with Crippen molar-refractivity contribution in [2.24, 2.45) is 0 Å². The topological polar surface area (TPSA) is 75.3 Å². The molecule has 6 heteroatoms. The number of anilines is 1. The van der Waals surface area contributed by atoms with E-state index in [2.05, 4.69) is 29.0 Å². The van der Waals surface area contributed by atoms with Crippen LogP contribution in [-0.2, 0) is 4.79 Å². The summed E-state index contributed by atoms with van der Waals surface area (Å²) in [6.07, 6.45) is 9.76. The number of nitrogens with zero attached hydrogens (tertiary/aromatic N) is 4. The molecule has 1 atom stereocenters. The summed E-state index contributed by atoms with van der Waals surface area (Å²) in [5, 5.41) is 0. The van der Waals surface area contributed by atoms with E-state index in [4.69, 9.17) is 5.73 Å². The number of nitrogen functional groups attached to an aromatic ring is 1. The second-order valence-electron chi connectivity index (χ2n) is 5.58. The smallest absolute Gasteiger partial charge is 0.246 e. The Morgan fingerprint density at radius 1 is 1.33 bits per heavy atom. The van der Waals surface area contributed by atoms with E-state index in [-0.39, 0.29) is 11.9 Å². The standard InChI is InChI=1S/C15H23N5O/c1-19(2)13-4-3-8-20(9-7-13)14(21)6-5-12-10-17-15(16)18-11-12/h5-6,10-11,13H,3-4,7-9H2,1-2H3,(H2,16,17,18)/b6-5+. The summed E-state index contributed by atoms with van der Waals surface area (Å²) in [5.74, 6) is 0.284. The minimum atomic E-state index is 0.0474. The van der Waals surface area contributed by atoms with Crippen molar-refractivity contribution in [3.63, 3.8) is 0 Å². The quantitative estimate of drug-likeness (QED) is 0.841. The van der Waals surface area contributed by atoms with Crippen molar-refractivity contribution in [2.45, 2.75) is 25.3 Å². The lowest BCUT2D eigenvalue weighted by Gasteiger charge is -2.22. The van der Waals surface area contributed by atoms with E-state index in [1.165, 1.54) is 0 Å². The van der Waals surface area contributed by atoms with Gasteiger partial charge in [0, 0.05) is 43.2 Å². The van der Waals surface area contributed by atoms with Crippen LogP contribution in [0.3, 0.4) is 0 Å². The lowest BCUT2D eigenvalue weighted by atomic mass is 10.1. The number of carbonyl (C=O) groups is 1. The zero-order chi connectivity index (χ0) is 15.2. The molecule has 1 fully saturated rings. The Morgan fingerprint density at radius 2 is 2.05 bits per heavy atom. The van der Waals surface area contributed by atoms with Gasteiger partial charge in [-0.3, -0.25) is 4.79 Å². The van der Waals surface area contributed by atoms with Crippen molar-refractivity contribution >= 4 is 17.9 Å². The first-order valence-electron chi connectivity index (χ1n) is 7.27. The van der Waals surface area contributed by atoms with E-state index in [1.807, 2.05) is 4.90 Å². The van der Waals surface area contributed by atoms with Crippen LogP contribution < -0.4 is 5.73 Å². The Morgan fingerprint density at radius 3 is 2.71 bits per heavy atom. The zero-order valence-electron chi connectivity index (χ0n) is 12.7. The number of rotatable bonds is 3. The fourth-order valence-corrected chi connectivity index (χ4v) is 2.52. The number of carbonyl (C=O) groups excluding carboxylic acids is 1. The maximum Gasteiger partial charge on any atom is 0.246 e. The van der Waals surface area contributed by atoms with Gasteiger partial charge in [0.2, 0.25) is 11.9 Å². The van der Waals surface area contributed by atoms with Crippen molar-refractivity contribution in [3.05, 3.63) is 24.0 Å².